The van der Waals surface area contributed by atoms with Crippen LogP contribution in [-0.2, 0) is 4.74 Å². The summed E-state index contributed by atoms with van der Waals surface area (Å²) in [6.45, 7) is 1.61. The molecule has 0 amide bonds. The molecule has 4 nitrogen and oxygen atoms in total. The highest BCUT2D eigenvalue weighted by molar-refractivity contribution is 6.35. The molecule has 0 aliphatic rings. The van der Waals surface area contributed by atoms with Crippen molar-refractivity contribution in [1.82, 2.24) is 4.98 Å². The van der Waals surface area contributed by atoms with Crippen molar-refractivity contribution in [2.24, 2.45) is 0 Å². The molecule has 0 aliphatic heterocycles. The van der Waals surface area contributed by atoms with Gasteiger partial charge in [0, 0.05) is 6.20 Å². The Morgan fingerprint density at radius 3 is 2.81 bits per heavy atom. The molecule has 0 atom stereocenters. The van der Waals surface area contributed by atoms with Crippen LogP contribution >= 0.6 is 11.6 Å². The van der Waals surface area contributed by atoms with Crippen molar-refractivity contribution < 1.29 is 18.3 Å². The van der Waals surface area contributed by atoms with E-state index in [1.54, 1.807) is 6.92 Å². The number of ether oxygens (including phenoxy) is 1. The molecule has 88 valence electrons. The van der Waals surface area contributed by atoms with Gasteiger partial charge in [0.15, 0.2) is 0 Å². The van der Waals surface area contributed by atoms with E-state index in [9.17, 15) is 13.6 Å². The summed E-state index contributed by atoms with van der Waals surface area (Å²) in [5, 5.41) is -0.309. The number of hydrogen-bond acceptors (Lipinski definition) is 4. The molecule has 1 rings (SSSR count). The number of nitrogens with two attached hydrogens (primary N) is 1. The zero-order chi connectivity index (χ0) is 12.3. The predicted molar refractivity (Wildman–Crippen MR) is 54.6 cm³/mol. The summed E-state index contributed by atoms with van der Waals surface area (Å²) >= 11 is 5.65. The standard InChI is InChI=1S/C9H9ClF2N2O2/c1-2-16-9(15)5-4(7(11)12)3-14-8(13)6(5)10/h3,7H,2H2,1H3,(H2,13,14). The zero-order valence-electron chi connectivity index (χ0n) is 8.34. The van der Waals surface area contributed by atoms with Gasteiger partial charge in [0.25, 0.3) is 6.43 Å². The maximum atomic E-state index is 12.6. The lowest BCUT2D eigenvalue weighted by molar-refractivity contribution is 0.0515. The first kappa shape index (κ1) is 12.6. The van der Waals surface area contributed by atoms with Gasteiger partial charge in [0.1, 0.15) is 5.82 Å². The molecule has 1 aromatic heterocycles. The van der Waals surface area contributed by atoms with E-state index in [1.165, 1.54) is 0 Å². The van der Waals surface area contributed by atoms with Crippen LogP contribution in [0.4, 0.5) is 14.6 Å². The Labute approximate surface area is 95.4 Å². The molecule has 0 radical (unpaired) electrons. The summed E-state index contributed by atoms with van der Waals surface area (Å²) in [5.41, 5.74) is 4.32. The Kier molecular flexibility index (Phi) is 4.00. The third-order valence-corrected chi connectivity index (χ3v) is 2.17. The number of halogens is 3. The molecule has 1 heterocycles. The van der Waals surface area contributed by atoms with Crippen molar-refractivity contribution in [3.8, 4) is 0 Å². The molecule has 1 aromatic rings. The van der Waals surface area contributed by atoms with E-state index in [-0.39, 0.29) is 17.4 Å². The number of aromatic nitrogens is 1. The van der Waals surface area contributed by atoms with E-state index in [0.29, 0.717) is 0 Å². The van der Waals surface area contributed by atoms with Gasteiger partial charge in [-0.1, -0.05) is 11.6 Å². The van der Waals surface area contributed by atoms with Crippen molar-refractivity contribution >= 4 is 23.4 Å². The van der Waals surface area contributed by atoms with Crippen molar-refractivity contribution in [2.75, 3.05) is 12.3 Å². The van der Waals surface area contributed by atoms with Crippen LogP contribution in [0, 0.1) is 0 Å². The lowest BCUT2D eigenvalue weighted by atomic mass is 10.1. The smallest absolute Gasteiger partial charge is 0.340 e. The first-order chi connectivity index (χ1) is 7.49. The second kappa shape index (κ2) is 5.07. The maximum absolute atomic E-state index is 12.6. The number of alkyl halides is 2. The highest BCUT2D eigenvalue weighted by atomic mass is 35.5. The van der Waals surface area contributed by atoms with Crippen LogP contribution < -0.4 is 5.73 Å². The van der Waals surface area contributed by atoms with Crippen LogP contribution in [0.3, 0.4) is 0 Å². The van der Waals surface area contributed by atoms with Crippen LogP contribution in [0.5, 0.6) is 0 Å². The normalized spacial score (nSPS) is 10.6. The number of esters is 1. The summed E-state index contributed by atoms with van der Waals surface area (Å²) in [6, 6.07) is 0. The van der Waals surface area contributed by atoms with E-state index in [1.807, 2.05) is 0 Å². The predicted octanol–water partition coefficient (Wildman–Crippen LogP) is 2.43. The minimum absolute atomic E-state index is 0.0556. The van der Waals surface area contributed by atoms with Crippen molar-refractivity contribution in [1.29, 1.82) is 0 Å². The van der Waals surface area contributed by atoms with Crippen LogP contribution in [0.15, 0.2) is 6.20 Å². The Bertz CT molecular complexity index is 413. The molecular weight excluding hydrogens is 242 g/mol. The van der Waals surface area contributed by atoms with Gasteiger partial charge in [-0.25, -0.2) is 18.6 Å². The van der Waals surface area contributed by atoms with Crippen LogP contribution in [-0.4, -0.2) is 17.6 Å². The molecular formula is C9H9ClF2N2O2. The largest absolute Gasteiger partial charge is 0.462 e. The van der Waals surface area contributed by atoms with Gasteiger partial charge >= 0.3 is 5.97 Å². The van der Waals surface area contributed by atoms with Gasteiger partial charge < -0.3 is 10.5 Å². The fraction of sp³-hybridized carbons (Fsp3) is 0.333. The van der Waals surface area contributed by atoms with Crippen LogP contribution in [0.2, 0.25) is 5.02 Å². The second-order valence-corrected chi connectivity index (χ2v) is 3.19. The quantitative estimate of drug-likeness (QED) is 0.837. The van der Waals surface area contributed by atoms with Gasteiger partial charge in [-0.05, 0) is 6.92 Å². The Morgan fingerprint density at radius 2 is 2.31 bits per heavy atom. The topological polar surface area (TPSA) is 65.2 Å². The molecule has 2 N–H and O–H groups in total. The first-order valence-electron chi connectivity index (χ1n) is 4.38. The van der Waals surface area contributed by atoms with E-state index in [4.69, 9.17) is 17.3 Å². The van der Waals surface area contributed by atoms with Crippen molar-refractivity contribution in [3.05, 3.63) is 22.3 Å². The molecule has 7 heteroatoms. The lowest BCUT2D eigenvalue weighted by Gasteiger charge is -2.10. The second-order valence-electron chi connectivity index (χ2n) is 2.81. The van der Waals surface area contributed by atoms with Gasteiger partial charge in [0.05, 0.1) is 22.8 Å². The Balaban J connectivity index is 3.31. The number of hydrogen-bond donors (Lipinski definition) is 1. The molecule has 0 bridgehead atoms. The molecule has 0 aromatic carbocycles. The number of rotatable bonds is 3. The number of nitrogens with zero attached hydrogens (tertiary/aromatic N) is 1. The maximum Gasteiger partial charge on any atom is 0.340 e. The molecule has 16 heavy (non-hydrogen) atoms. The van der Waals surface area contributed by atoms with E-state index in [0.717, 1.165) is 6.20 Å². The fourth-order valence-electron chi connectivity index (χ4n) is 1.09. The summed E-state index contributed by atoms with van der Waals surface area (Å²) in [5.74, 6) is -1.12. The molecule has 0 spiro atoms. The average molecular weight is 251 g/mol. The zero-order valence-corrected chi connectivity index (χ0v) is 9.09. The summed E-state index contributed by atoms with van der Waals surface area (Å²) in [6.07, 6.45) is -2.05. The number of carbonyl (C=O) groups excluding carboxylic acids is 1. The number of nitrogen functional groups attached to an aromatic ring is 1. The van der Waals surface area contributed by atoms with Crippen molar-refractivity contribution in [3.63, 3.8) is 0 Å². The van der Waals surface area contributed by atoms with E-state index in [2.05, 4.69) is 9.72 Å². The van der Waals surface area contributed by atoms with E-state index < -0.39 is 23.5 Å². The summed E-state index contributed by atoms with van der Waals surface area (Å²) < 4.78 is 29.8. The highest BCUT2D eigenvalue weighted by Gasteiger charge is 2.24. The monoisotopic (exact) mass is 250 g/mol. The van der Waals surface area contributed by atoms with Gasteiger partial charge in [-0.2, -0.15) is 0 Å². The Morgan fingerprint density at radius 1 is 1.69 bits per heavy atom. The third-order valence-electron chi connectivity index (χ3n) is 1.79. The van der Waals surface area contributed by atoms with Gasteiger partial charge in [-0.15, -0.1) is 0 Å². The Hall–Kier alpha value is -1.43. The van der Waals surface area contributed by atoms with E-state index >= 15 is 0 Å². The van der Waals surface area contributed by atoms with Crippen molar-refractivity contribution in [2.45, 2.75) is 13.3 Å². The molecule has 0 unspecified atom stereocenters. The summed E-state index contributed by atoms with van der Waals surface area (Å²) in [4.78, 5) is 14.9. The highest BCUT2D eigenvalue weighted by Crippen LogP contribution is 2.31. The third kappa shape index (κ3) is 2.38. The SMILES string of the molecule is CCOC(=O)c1c(C(F)F)cnc(N)c1Cl. The number of anilines is 1. The molecule has 0 saturated carbocycles. The fourth-order valence-corrected chi connectivity index (χ4v) is 1.33. The number of carbonyl (C=O) groups is 1. The number of pyridine rings is 1. The molecule has 0 aliphatic carbocycles. The summed E-state index contributed by atoms with van der Waals surface area (Å²) in [7, 11) is 0. The van der Waals surface area contributed by atoms with Crippen LogP contribution in [0.1, 0.15) is 29.3 Å². The average Bonchev–Trinajstić information content (AvgIpc) is 2.21. The van der Waals surface area contributed by atoms with Crippen LogP contribution in [0.25, 0.3) is 0 Å². The minimum Gasteiger partial charge on any atom is -0.462 e. The molecule has 0 saturated heterocycles. The van der Waals surface area contributed by atoms with Gasteiger partial charge in [-0.3, -0.25) is 0 Å². The molecule has 0 fully saturated rings. The minimum atomic E-state index is -2.87. The van der Waals surface area contributed by atoms with Gasteiger partial charge in [0.2, 0.25) is 0 Å². The lowest BCUT2D eigenvalue weighted by Crippen LogP contribution is -2.11. The first-order valence-corrected chi connectivity index (χ1v) is 4.76.